The highest BCUT2D eigenvalue weighted by Crippen LogP contribution is 2.04. The summed E-state index contributed by atoms with van der Waals surface area (Å²) in [6.07, 6.45) is 0. The van der Waals surface area contributed by atoms with Gasteiger partial charge in [-0.05, 0) is 6.07 Å². The summed E-state index contributed by atoms with van der Waals surface area (Å²) in [6.45, 7) is 0.221. The van der Waals surface area contributed by atoms with E-state index in [0.717, 1.165) is 0 Å². The average molecular weight is 253 g/mol. The average Bonchev–Trinajstić information content (AvgIpc) is 2.37. The first kappa shape index (κ1) is 14.1. The van der Waals surface area contributed by atoms with E-state index < -0.39 is 0 Å². The molecule has 0 heterocycles. The van der Waals surface area contributed by atoms with Crippen LogP contribution >= 0.6 is 0 Å². The Morgan fingerprint density at radius 1 is 1.17 bits per heavy atom. The van der Waals surface area contributed by atoms with Crippen molar-refractivity contribution in [1.82, 2.24) is 16.0 Å². The molecular formula is C12H16FN3O2. The lowest BCUT2D eigenvalue weighted by Crippen LogP contribution is -2.38. The molecule has 1 aromatic carbocycles. The topological polar surface area (TPSA) is 70.2 Å². The van der Waals surface area contributed by atoms with E-state index in [1.165, 1.54) is 13.1 Å². The number of halogens is 1. The van der Waals surface area contributed by atoms with Crippen LogP contribution in [0.3, 0.4) is 0 Å². The highest BCUT2D eigenvalue weighted by atomic mass is 19.1. The van der Waals surface area contributed by atoms with Gasteiger partial charge < -0.3 is 10.6 Å². The highest BCUT2D eigenvalue weighted by molar-refractivity contribution is 5.80. The summed E-state index contributed by atoms with van der Waals surface area (Å²) < 4.78 is 13.2. The number of amides is 2. The molecule has 1 rings (SSSR count). The Morgan fingerprint density at radius 3 is 2.50 bits per heavy atom. The van der Waals surface area contributed by atoms with E-state index in [0.29, 0.717) is 5.56 Å². The molecule has 0 unspecified atom stereocenters. The molecule has 0 aliphatic carbocycles. The third-order valence-electron chi connectivity index (χ3n) is 2.28. The number of nitrogens with one attached hydrogen (secondary N) is 3. The molecule has 18 heavy (non-hydrogen) atoms. The molecule has 3 N–H and O–H groups in total. The van der Waals surface area contributed by atoms with Crippen molar-refractivity contribution in [3.63, 3.8) is 0 Å². The Morgan fingerprint density at radius 2 is 1.83 bits per heavy atom. The fourth-order valence-corrected chi connectivity index (χ4v) is 1.28. The fourth-order valence-electron chi connectivity index (χ4n) is 1.28. The predicted molar refractivity (Wildman–Crippen MR) is 65.2 cm³/mol. The van der Waals surface area contributed by atoms with E-state index in [2.05, 4.69) is 16.0 Å². The van der Waals surface area contributed by atoms with E-state index in [1.54, 1.807) is 18.2 Å². The van der Waals surface area contributed by atoms with Crippen LogP contribution in [0.15, 0.2) is 24.3 Å². The van der Waals surface area contributed by atoms with Gasteiger partial charge in [0.15, 0.2) is 0 Å². The van der Waals surface area contributed by atoms with Crippen molar-refractivity contribution < 1.29 is 14.0 Å². The minimum atomic E-state index is -0.351. The standard InChI is InChI=1S/C12H16FN3O2/c1-14-11(17)7-15-8-12(18)16-6-9-4-2-3-5-10(9)13/h2-5,15H,6-8H2,1H3,(H,14,17)(H,16,18). The minimum absolute atomic E-state index is 0.0157. The van der Waals surface area contributed by atoms with Gasteiger partial charge >= 0.3 is 0 Å². The summed E-state index contributed by atoms with van der Waals surface area (Å²) in [7, 11) is 1.52. The third-order valence-corrected chi connectivity index (χ3v) is 2.28. The molecule has 0 radical (unpaired) electrons. The lowest BCUT2D eigenvalue weighted by molar-refractivity contribution is -0.121. The Kier molecular flexibility index (Phi) is 5.79. The molecule has 6 heteroatoms. The van der Waals surface area contributed by atoms with Gasteiger partial charge in [0.05, 0.1) is 13.1 Å². The van der Waals surface area contributed by atoms with Crippen molar-refractivity contribution >= 4 is 11.8 Å². The molecule has 98 valence electrons. The van der Waals surface area contributed by atoms with Gasteiger partial charge in [-0.1, -0.05) is 18.2 Å². The largest absolute Gasteiger partial charge is 0.358 e. The molecular weight excluding hydrogens is 237 g/mol. The van der Waals surface area contributed by atoms with Crippen LogP contribution in [0.1, 0.15) is 5.56 Å². The van der Waals surface area contributed by atoms with Gasteiger partial charge in [0.2, 0.25) is 11.8 Å². The first-order valence-corrected chi connectivity index (χ1v) is 5.55. The van der Waals surface area contributed by atoms with Crippen LogP contribution in [0, 0.1) is 5.82 Å². The van der Waals surface area contributed by atoms with Crippen molar-refractivity contribution in [3.05, 3.63) is 35.6 Å². The molecule has 2 amide bonds. The summed E-state index contributed by atoms with van der Waals surface area (Å²) in [6, 6.07) is 6.23. The lowest BCUT2D eigenvalue weighted by atomic mass is 10.2. The number of hydrogen-bond acceptors (Lipinski definition) is 3. The molecule has 0 aliphatic heterocycles. The van der Waals surface area contributed by atoms with Gasteiger partial charge in [-0.15, -0.1) is 0 Å². The minimum Gasteiger partial charge on any atom is -0.358 e. The lowest BCUT2D eigenvalue weighted by Gasteiger charge is -2.07. The monoisotopic (exact) mass is 253 g/mol. The normalized spacial score (nSPS) is 9.89. The number of carbonyl (C=O) groups is 2. The highest BCUT2D eigenvalue weighted by Gasteiger charge is 2.04. The first-order valence-electron chi connectivity index (χ1n) is 5.55. The van der Waals surface area contributed by atoms with E-state index in [-0.39, 0.29) is 37.3 Å². The molecule has 0 aliphatic rings. The van der Waals surface area contributed by atoms with Crippen LogP contribution < -0.4 is 16.0 Å². The van der Waals surface area contributed by atoms with Gasteiger partial charge in [-0.25, -0.2) is 4.39 Å². The molecule has 0 fully saturated rings. The van der Waals surface area contributed by atoms with Crippen LogP contribution in [0.2, 0.25) is 0 Å². The summed E-state index contributed by atoms with van der Waals surface area (Å²) in [5.41, 5.74) is 0.428. The molecule has 0 atom stereocenters. The number of hydrogen-bond donors (Lipinski definition) is 3. The van der Waals surface area contributed by atoms with Crippen LogP contribution in [0.4, 0.5) is 4.39 Å². The van der Waals surface area contributed by atoms with E-state index >= 15 is 0 Å². The fraction of sp³-hybridized carbons (Fsp3) is 0.333. The van der Waals surface area contributed by atoms with E-state index in [9.17, 15) is 14.0 Å². The summed E-state index contributed by atoms with van der Waals surface area (Å²) in [4.78, 5) is 22.2. The number of rotatable bonds is 6. The van der Waals surface area contributed by atoms with Gasteiger partial charge in [-0.2, -0.15) is 0 Å². The summed E-state index contributed by atoms with van der Waals surface area (Å²) in [5.74, 6) is -0.838. The van der Waals surface area contributed by atoms with Gasteiger partial charge in [0, 0.05) is 19.2 Å². The molecule has 0 spiro atoms. The zero-order valence-electron chi connectivity index (χ0n) is 10.1. The zero-order chi connectivity index (χ0) is 13.4. The van der Waals surface area contributed by atoms with Crippen molar-refractivity contribution in [2.75, 3.05) is 20.1 Å². The molecule has 5 nitrogen and oxygen atoms in total. The molecule has 0 aromatic heterocycles. The maximum atomic E-state index is 13.2. The second kappa shape index (κ2) is 7.39. The van der Waals surface area contributed by atoms with Gasteiger partial charge in [-0.3, -0.25) is 14.9 Å². The summed E-state index contributed by atoms with van der Waals surface area (Å²) >= 11 is 0. The zero-order valence-corrected chi connectivity index (χ0v) is 10.1. The first-order chi connectivity index (χ1) is 8.63. The molecule has 1 aromatic rings. The molecule has 0 saturated carbocycles. The van der Waals surface area contributed by atoms with Crippen molar-refractivity contribution in [1.29, 1.82) is 0 Å². The van der Waals surface area contributed by atoms with Crippen LogP contribution in [0.25, 0.3) is 0 Å². The Balaban J connectivity index is 2.25. The van der Waals surface area contributed by atoms with Crippen molar-refractivity contribution in [3.8, 4) is 0 Å². The van der Waals surface area contributed by atoms with Crippen LogP contribution in [0.5, 0.6) is 0 Å². The maximum Gasteiger partial charge on any atom is 0.234 e. The van der Waals surface area contributed by atoms with Gasteiger partial charge in [0.1, 0.15) is 5.82 Å². The SMILES string of the molecule is CNC(=O)CNCC(=O)NCc1ccccc1F. The number of benzene rings is 1. The van der Waals surface area contributed by atoms with Crippen LogP contribution in [-0.4, -0.2) is 32.0 Å². The van der Waals surface area contributed by atoms with E-state index in [1.807, 2.05) is 0 Å². The van der Waals surface area contributed by atoms with Crippen molar-refractivity contribution in [2.45, 2.75) is 6.54 Å². The Labute approximate surface area is 105 Å². The van der Waals surface area contributed by atoms with Gasteiger partial charge in [0.25, 0.3) is 0 Å². The number of likely N-dealkylation sites (N-methyl/N-ethyl adjacent to an activating group) is 1. The molecule has 0 bridgehead atoms. The Hall–Kier alpha value is -1.95. The van der Waals surface area contributed by atoms with Crippen molar-refractivity contribution in [2.24, 2.45) is 0 Å². The second-order valence-electron chi connectivity index (χ2n) is 3.64. The summed E-state index contributed by atoms with van der Waals surface area (Å²) in [5, 5.41) is 7.65. The van der Waals surface area contributed by atoms with Crippen LogP contribution in [-0.2, 0) is 16.1 Å². The molecule has 0 saturated heterocycles. The maximum absolute atomic E-state index is 13.2. The third kappa shape index (κ3) is 4.92. The predicted octanol–water partition coefficient (Wildman–Crippen LogP) is -0.222. The second-order valence-corrected chi connectivity index (χ2v) is 3.64. The Bertz CT molecular complexity index is 424. The van der Waals surface area contributed by atoms with E-state index in [4.69, 9.17) is 0 Å². The number of carbonyl (C=O) groups excluding carboxylic acids is 2. The quantitative estimate of drug-likeness (QED) is 0.656. The smallest absolute Gasteiger partial charge is 0.234 e.